The van der Waals surface area contributed by atoms with Gasteiger partial charge in [0.1, 0.15) is 0 Å². The molecule has 1 amide bonds. The molecule has 0 fully saturated rings. The van der Waals surface area contributed by atoms with Gasteiger partial charge in [0, 0.05) is 5.56 Å². The van der Waals surface area contributed by atoms with Gasteiger partial charge in [0.15, 0.2) is 11.5 Å². The van der Waals surface area contributed by atoms with E-state index in [-0.39, 0.29) is 12.0 Å². The van der Waals surface area contributed by atoms with Gasteiger partial charge in [-0.3, -0.25) is 4.79 Å². The molecule has 0 bridgehead atoms. The number of rotatable bonds is 5. The van der Waals surface area contributed by atoms with Crippen molar-refractivity contribution in [3.8, 4) is 11.5 Å². The van der Waals surface area contributed by atoms with E-state index in [2.05, 4.69) is 5.10 Å². The zero-order chi connectivity index (χ0) is 18.7. The number of hydrogen-bond donors (Lipinski definition) is 0. The largest absolute Gasteiger partial charge is 0.493 e. The summed E-state index contributed by atoms with van der Waals surface area (Å²) in [6.45, 7) is 5.73. The van der Waals surface area contributed by atoms with Crippen molar-refractivity contribution in [2.24, 2.45) is 5.10 Å². The molecule has 5 nitrogen and oxygen atoms in total. The number of nitrogens with zero attached hydrogens (tertiary/aromatic N) is 2. The lowest BCUT2D eigenvalue weighted by atomic mass is 10.1. The summed E-state index contributed by atoms with van der Waals surface area (Å²) in [6, 6.07) is 15.0. The van der Waals surface area contributed by atoms with E-state index in [1.54, 1.807) is 7.11 Å². The van der Waals surface area contributed by atoms with E-state index in [1.807, 2.05) is 75.4 Å². The lowest BCUT2D eigenvalue weighted by Gasteiger charge is -2.16. The van der Waals surface area contributed by atoms with Crippen molar-refractivity contribution in [2.45, 2.75) is 26.9 Å². The zero-order valence-corrected chi connectivity index (χ0v) is 15.4. The van der Waals surface area contributed by atoms with Crippen LogP contribution in [0.1, 0.15) is 26.3 Å². The molecule has 1 aliphatic rings. The van der Waals surface area contributed by atoms with Gasteiger partial charge in [-0.25, -0.2) is 0 Å². The maximum Gasteiger partial charge on any atom is 0.280 e. The fourth-order valence-electron chi connectivity index (χ4n) is 2.75. The van der Waals surface area contributed by atoms with Crippen LogP contribution in [-0.4, -0.2) is 24.8 Å². The quantitative estimate of drug-likeness (QED) is 0.756. The first-order valence-electron chi connectivity index (χ1n) is 8.51. The normalized spacial score (nSPS) is 15.6. The fraction of sp³-hybridized carbons (Fsp3) is 0.238. The number of hydrazone groups is 1. The first kappa shape index (κ1) is 17.7. The van der Waals surface area contributed by atoms with E-state index in [1.165, 1.54) is 5.01 Å². The maximum atomic E-state index is 12.9. The molecule has 0 aromatic heterocycles. The molecule has 1 heterocycles. The molecule has 0 radical (unpaired) electrons. The van der Waals surface area contributed by atoms with E-state index in [0.29, 0.717) is 22.8 Å². The number of ether oxygens (including phenoxy) is 2. The Morgan fingerprint density at radius 3 is 2.46 bits per heavy atom. The van der Waals surface area contributed by atoms with E-state index in [0.717, 1.165) is 11.3 Å². The van der Waals surface area contributed by atoms with Crippen molar-refractivity contribution in [3.05, 3.63) is 59.7 Å². The van der Waals surface area contributed by atoms with Crippen LogP contribution in [0.25, 0.3) is 6.08 Å². The highest BCUT2D eigenvalue weighted by molar-refractivity contribution is 6.32. The number of amides is 1. The van der Waals surface area contributed by atoms with Gasteiger partial charge in [-0.05, 0) is 45.0 Å². The predicted molar refractivity (Wildman–Crippen MR) is 104 cm³/mol. The summed E-state index contributed by atoms with van der Waals surface area (Å²) in [5, 5.41) is 5.83. The van der Waals surface area contributed by atoms with Crippen LogP contribution in [0.3, 0.4) is 0 Å². The minimum atomic E-state index is -0.160. The van der Waals surface area contributed by atoms with Gasteiger partial charge in [0.05, 0.1) is 30.2 Å². The van der Waals surface area contributed by atoms with Crippen LogP contribution < -0.4 is 14.5 Å². The highest BCUT2D eigenvalue weighted by Gasteiger charge is 2.29. The standard InChI is InChI=1S/C21H22N2O3/c1-14(2)26-20-16(9-8-12-19(20)25-4)13-18-15(3)22-23(21(18)24)17-10-6-5-7-11-17/h5-14H,1-4H3. The molecule has 0 saturated heterocycles. The summed E-state index contributed by atoms with van der Waals surface area (Å²) < 4.78 is 11.3. The van der Waals surface area contributed by atoms with Crippen LogP contribution in [0.5, 0.6) is 11.5 Å². The molecule has 5 heteroatoms. The number of carbonyl (C=O) groups excluding carboxylic acids is 1. The Morgan fingerprint density at radius 1 is 1.08 bits per heavy atom. The lowest BCUT2D eigenvalue weighted by Crippen LogP contribution is -2.21. The molecule has 26 heavy (non-hydrogen) atoms. The van der Waals surface area contributed by atoms with Crippen LogP contribution in [0.4, 0.5) is 5.69 Å². The molecular weight excluding hydrogens is 328 g/mol. The Labute approximate surface area is 153 Å². The molecule has 2 aromatic rings. The smallest absolute Gasteiger partial charge is 0.280 e. The van der Waals surface area contributed by atoms with E-state index in [4.69, 9.17) is 9.47 Å². The van der Waals surface area contributed by atoms with Crippen LogP contribution in [0.2, 0.25) is 0 Å². The van der Waals surface area contributed by atoms with Crippen molar-refractivity contribution < 1.29 is 14.3 Å². The van der Waals surface area contributed by atoms with E-state index >= 15 is 0 Å². The monoisotopic (exact) mass is 350 g/mol. The van der Waals surface area contributed by atoms with Gasteiger partial charge in [-0.15, -0.1) is 0 Å². The second-order valence-electron chi connectivity index (χ2n) is 6.24. The van der Waals surface area contributed by atoms with Gasteiger partial charge in [0.2, 0.25) is 0 Å². The molecule has 3 rings (SSSR count). The third-order valence-corrected chi connectivity index (χ3v) is 3.95. The Hall–Kier alpha value is -3.08. The SMILES string of the molecule is COc1cccc(C=C2C(=O)N(c3ccccc3)N=C2C)c1OC(C)C. The zero-order valence-electron chi connectivity index (χ0n) is 15.4. The maximum absolute atomic E-state index is 12.9. The van der Waals surface area contributed by atoms with Crippen molar-refractivity contribution in [1.29, 1.82) is 0 Å². The molecule has 1 aliphatic heterocycles. The number of methoxy groups -OCH3 is 1. The van der Waals surface area contributed by atoms with Crippen LogP contribution in [-0.2, 0) is 4.79 Å². The molecule has 0 spiro atoms. The first-order chi connectivity index (χ1) is 12.5. The predicted octanol–water partition coefficient (Wildman–Crippen LogP) is 4.29. The second-order valence-corrected chi connectivity index (χ2v) is 6.24. The van der Waals surface area contributed by atoms with Gasteiger partial charge < -0.3 is 9.47 Å². The summed E-state index contributed by atoms with van der Waals surface area (Å²) in [5.41, 5.74) is 2.73. The molecule has 0 saturated carbocycles. The third-order valence-electron chi connectivity index (χ3n) is 3.95. The van der Waals surface area contributed by atoms with Crippen LogP contribution >= 0.6 is 0 Å². The summed E-state index contributed by atoms with van der Waals surface area (Å²) in [5.74, 6) is 1.09. The van der Waals surface area contributed by atoms with Crippen molar-refractivity contribution >= 4 is 23.4 Å². The van der Waals surface area contributed by atoms with Gasteiger partial charge in [0.25, 0.3) is 5.91 Å². The fourth-order valence-corrected chi connectivity index (χ4v) is 2.75. The summed E-state index contributed by atoms with van der Waals surface area (Å²) in [4.78, 5) is 12.9. The molecule has 2 aromatic carbocycles. The number of benzene rings is 2. The third kappa shape index (κ3) is 3.47. The van der Waals surface area contributed by atoms with Crippen LogP contribution in [0, 0.1) is 0 Å². The minimum Gasteiger partial charge on any atom is -0.493 e. The van der Waals surface area contributed by atoms with Gasteiger partial charge in [-0.1, -0.05) is 30.3 Å². The Morgan fingerprint density at radius 2 is 1.81 bits per heavy atom. The Balaban J connectivity index is 2.01. The lowest BCUT2D eigenvalue weighted by molar-refractivity contribution is -0.114. The van der Waals surface area contributed by atoms with Gasteiger partial charge in [-0.2, -0.15) is 10.1 Å². The molecule has 0 N–H and O–H groups in total. The molecule has 0 atom stereocenters. The highest BCUT2D eigenvalue weighted by Crippen LogP contribution is 2.34. The number of carbonyl (C=O) groups is 1. The average molecular weight is 350 g/mol. The summed E-state index contributed by atoms with van der Waals surface area (Å²) in [7, 11) is 1.60. The molecule has 0 aliphatic carbocycles. The number of para-hydroxylation sites is 2. The van der Waals surface area contributed by atoms with E-state index < -0.39 is 0 Å². The summed E-state index contributed by atoms with van der Waals surface area (Å²) >= 11 is 0. The number of hydrogen-bond acceptors (Lipinski definition) is 4. The molecule has 0 unspecified atom stereocenters. The van der Waals surface area contributed by atoms with Crippen molar-refractivity contribution in [3.63, 3.8) is 0 Å². The average Bonchev–Trinajstić information content (AvgIpc) is 2.91. The molecular formula is C21H22N2O3. The van der Waals surface area contributed by atoms with Crippen molar-refractivity contribution in [2.75, 3.05) is 12.1 Å². The Kier molecular flexibility index (Phi) is 5.07. The summed E-state index contributed by atoms with van der Waals surface area (Å²) in [6.07, 6.45) is 1.79. The minimum absolute atomic E-state index is 0.0155. The van der Waals surface area contributed by atoms with E-state index in [9.17, 15) is 4.79 Å². The second kappa shape index (κ2) is 7.44. The molecule has 134 valence electrons. The first-order valence-corrected chi connectivity index (χ1v) is 8.51. The van der Waals surface area contributed by atoms with Crippen molar-refractivity contribution in [1.82, 2.24) is 0 Å². The van der Waals surface area contributed by atoms with Crippen LogP contribution in [0.15, 0.2) is 59.2 Å². The van der Waals surface area contributed by atoms with Gasteiger partial charge >= 0.3 is 0 Å². The topological polar surface area (TPSA) is 51.1 Å². The number of anilines is 1. The Bertz CT molecular complexity index is 870. The highest BCUT2D eigenvalue weighted by atomic mass is 16.5.